The van der Waals surface area contributed by atoms with Crippen LogP contribution in [0, 0.1) is 5.82 Å². The fourth-order valence-electron chi connectivity index (χ4n) is 2.04. The Morgan fingerprint density at radius 2 is 1.86 bits per heavy atom. The average Bonchev–Trinajstić information content (AvgIpc) is 2.48. The lowest BCUT2D eigenvalue weighted by Crippen LogP contribution is -2.27. The van der Waals surface area contributed by atoms with Crippen LogP contribution in [0.2, 0.25) is 0 Å². The van der Waals surface area contributed by atoms with Gasteiger partial charge >= 0.3 is 0 Å². The summed E-state index contributed by atoms with van der Waals surface area (Å²) in [6.45, 7) is 4.22. The smallest absolute Gasteiger partial charge is 0.255 e. The van der Waals surface area contributed by atoms with E-state index < -0.39 is 0 Å². The monoisotopic (exact) mass is 287 g/mol. The zero-order valence-corrected chi connectivity index (χ0v) is 12.1. The second kappa shape index (κ2) is 6.88. The van der Waals surface area contributed by atoms with Gasteiger partial charge in [-0.2, -0.15) is 0 Å². The van der Waals surface area contributed by atoms with Crippen LogP contribution < -0.4 is 10.1 Å². The summed E-state index contributed by atoms with van der Waals surface area (Å²) in [4.78, 5) is 12.3. The molecule has 2 aromatic carbocycles. The van der Waals surface area contributed by atoms with Crippen LogP contribution in [-0.2, 0) is 0 Å². The number of carbonyl (C=O) groups excluding carboxylic acids is 1. The lowest BCUT2D eigenvalue weighted by atomic mass is 10.1. The topological polar surface area (TPSA) is 38.3 Å². The summed E-state index contributed by atoms with van der Waals surface area (Å²) in [5.74, 6) is 0.0543. The molecule has 3 nitrogen and oxygen atoms in total. The minimum atomic E-state index is -0.293. The van der Waals surface area contributed by atoms with E-state index in [1.54, 1.807) is 30.3 Å². The van der Waals surface area contributed by atoms with Gasteiger partial charge in [-0.25, -0.2) is 4.39 Å². The Morgan fingerprint density at radius 1 is 1.19 bits per heavy atom. The Bertz CT molecular complexity index is 610. The Balaban J connectivity index is 2.12. The van der Waals surface area contributed by atoms with Crippen molar-refractivity contribution >= 4 is 5.91 Å². The van der Waals surface area contributed by atoms with E-state index in [0.29, 0.717) is 17.9 Å². The molecule has 0 radical (unpaired) electrons. The molecule has 0 spiro atoms. The first-order valence-electron chi connectivity index (χ1n) is 6.90. The summed E-state index contributed by atoms with van der Waals surface area (Å²) in [5.41, 5.74) is 1.34. The molecule has 1 N–H and O–H groups in total. The minimum Gasteiger partial charge on any atom is -0.493 e. The molecule has 0 aliphatic carbocycles. The highest BCUT2D eigenvalue weighted by atomic mass is 19.1. The molecule has 0 aliphatic rings. The third kappa shape index (κ3) is 3.81. The van der Waals surface area contributed by atoms with Crippen LogP contribution in [0.5, 0.6) is 5.75 Å². The van der Waals surface area contributed by atoms with E-state index >= 15 is 0 Å². The third-order valence-corrected chi connectivity index (χ3v) is 3.15. The molecular formula is C17H18FNO2. The number of rotatable bonds is 5. The van der Waals surface area contributed by atoms with Crippen molar-refractivity contribution in [3.05, 3.63) is 65.5 Å². The maximum absolute atomic E-state index is 12.9. The summed E-state index contributed by atoms with van der Waals surface area (Å²) < 4.78 is 18.4. The van der Waals surface area contributed by atoms with E-state index in [4.69, 9.17) is 4.74 Å². The van der Waals surface area contributed by atoms with Gasteiger partial charge in [0.15, 0.2) is 0 Å². The number of halogens is 1. The van der Waals surface area contributed by atoms with E-state index in [0.717, 1.165) is 5.56 Å². The highest BCUT2D eigenvalue weighted by molar-refractivity contribution is 5.97. The molecule has 1 amide bonds. The predicted octanol–water partition coefficient (Wildman–Crippen LogP) is 3.72. The Labute approximate surface area is 123 Å². The van der Waals surface area contributed by atoms with Crippen molar-refractivity contribution in [2.45, 2.75) is 19.9 Å². The summed E-state index contributed by atoms with van der Waals surface area (Å²) in [7, 11) is 0. The van der Waals surface area contributed by atoms with Crippen LogP contribution in [0.4, 0.5) is 4.39 Å². The zero-order valence-electron chi connectivity index (χ0n) is 12.1. The molecule has 2 aromatic rings. The first-order chi connectivity index (χ1) is 10.1. The number of carbonyl (C=O) groups is 1. The standard InChI is InChI=1S/C17H18FNO2/c1-3-21-16-7-5-4-6-15(16)17(20)19-12(2)13-8-10-14(18)11-9-13/h4-12H,3H2,1-2H3,(H,19,20). The van der Waals surface area contributed by atoms with E-state index in [1.807, 2.05) is 19.9 Å². The number of para-hydroxylation sites is 1. The molecule has 1 unspecified atom stereocenters. The highest BCUT2D eigenvalue weighted by Crippen LogP contribution is 2.20. The quantitative estimate of drug-likeness (QED) is 0.910. The van der Waals surface area contributed by atoms with Crippen LogP contribution in [0.1, 0.15) is 35.8 Å². The molecular weight excluding hydrogens is 269 g/mol. The van der Waals surface area contributed by atoms with E-state index in [1.165, 1.54) is 12.1 Å². The minimum absolute atomic E-state index is 0.212. The molecule has 0 aromatic heterocycles. The van der Waals surface area contributed by atoms with Crippen LogP contribution >= 0.6 is 0 Å². The average molecular weight is 287 g/mol. The Kier molecular flexibility index (Phi) is 4.93. The van der Waals surface area contributed by atoms with Gasteiger partial charge in [0.1, 0.15) is 11.6 Å². The fraction of sp³-hybridized carbons (Fsp3) is 0.235. The van der Waals surface area contributed by atoms with Crippen molar-refractivity contribution in [3.8, 4) is 5.75 Å². The molecule has 110 valence electrons. The van der Waals surface area contributed by atoms with E-state index in [-0.39, 0.29) is 17.8 Å². The third-order valence-electron chi connectivity index (χ3n) is 3.15. The molecule has 0 fully saturated rings. The van der Waals surface area contributed by atoms with E-state index in [9.17, 15) is 9.18 Å². The van der Waals surface area contributed by atoms with Crippen LogP contribution in [-0.4, -0.2) is 12.5 Å². The largest absolute Gasteiger partial charge is 0.493 e. The Morgan fingerprint density at radius 3 is 2.52 bits per heavy atom. The van der Waals surface area contributed by atoms with Gasteiger partial charge < -0.3 is 10.1 Å². The highest BCUT2D eigenvalue weighted by Gasteiger charge is 2.15. The summed E-state index contributed by atoms with van der Waals surface area (Å²) >= 11 is 0. The van der Waals surface area contributed by atoms with E-state index in [2.05, 4.69) is 5.32 Å². The van der Waals surface area contributed by atoms with Gasteiger partial charge in [-0.1, -0.05) is 24.3 Å². The van der Waals surface area contributed by atoms with Gasteiger partial charge in [-0.3, -0.25) is 4.79 Å². The molecule has 4 heteroatoms. The maximum Gasteiger partial charge on any atom is 0.255 e. The van der Waals surface area contributed by atoms with Gasteiger partial charge in [-0.15, -0.1) is 0 Å². The van der Waals surface area contributed by atoms with Gasteiger partial charge in [0.2, 0.25) is 0 Å². The van der Waals surface area contributed by atoms with Crippen molar-refractivity contribution in [1.29, 1.82) is 0 Å². The molecule has 0 bridgehead atoms. The van der Waals surface area contributed by atoms with Gasteiger partial charge in [0, 0.05) is 0 Å². The summed E-state index contributed by atoms with van der Waals surface area (Å²) in [5, 5.41) is 2.89. The number of hydrogen-bond donors (Lipinski definition) is 1. The first-order valence-corrected chi connectivity index (χ1v) is 6.90. The van der Waals surface area contributed by atoms with Crippen molar-refractivity contribution in [1.82, 2.24) is 5.32 Å². The zero-order chi connectivity index (χ0) is 15.2. The number of amides is 1. The maximum atomic E-state index is 12.9. The second-order valence-corrected chi connectivity index (χ2v) is 4.68. The van der Waals surface area contributed by atoms with Crippen molar-refractivity contribution in [2.24, 2.45) is 0 Å². The lowest BCUT2D eigenvalue weighted by molar-refractivity contribution is 0.0936. The van der Waals surface area contributed by atoms with Gasteiger partial charge in [0.05, 0.1) is 18.2 Å². The second-order valence-electron chi connectivity index (χ2n) is 4.68. The van der Waals surface area contributed by atoms with Gasteiger partial charge in [0.25, 0.3) is 5.91 Å². The molecule has 0 aliphatic heterocycles. The van der Waals surface area contributed by atoms with Crippen molar-refractivity contribution in [2.75, 3.05) is 6.61 Å². The molecule has 0 saturated carbocycles. The molecule has 21 heavy (non-hydrogen) atoms. The lowest BCUT2D eigenvalue weighted by Gasteiger charge is -2.16. The van der Waals surface area contributed by atoms with Gasteiger partial charge in [-0.05, 0) is 43.7 Å². The summed E-state index contributed by atoms with van der Waals surface area (Å²) in [6.07, 6.45) is 0. The fourth-order valence-corrected chi connectivity index (χ4v) is 2.04. The Hall–Kier alpha value is -2.36. The first kappa shape index (κ1) is 15.0. The normalized spacial score (nSPS) is 11.8. The number of benzene rings is 2. The van der Waals surface area contributed by atoms with Crippen LogP contribution in [0.3, 0.4) is 0 Å². The van der Waals surface area contributed by atoms with Crippen molar-refractivity contribution < 1.29 is 13.9 Å². The number of ether oxygens (including phenoxy) is 1. The molecule has 0 heterocycles. The molecule has 0 saturated heterocycles. The molecule has 2 rings (SSSR count). The molecule has 1 atom stereocenters. The van der Waals surface area contributed by atoms with Crippen LogP contribution in [0.15, 0.2) is 48.5 Å². The van der Waals surface area contributed by atoms with Crippen LogP contribution in [0.25, 0.3) is 0 Å². The summed E-state index contributed by atoms with van der Waals surface area (Å²) in [6, 6.07) is 13.0. The van der Waals surface area contributed by atoms with Crippen molar-refractivity contribution in [3.63, 3.8) is 0 Å². The number of hydrogen-bond acceptors (Lipinski definition) is 2. The SMILES string of the molecule is CCOc1ccccc1C(=O)NC(C)c1ccc(F)cc1. The predicted molar refractivity (Wildman–Crippen MR) is 79.9 cm³/mol. The number of nitrogens with one attached hydrogen (secondary N) is 1.